The second kappa shape index (κ2) is 4.91. The Bertz CT molecular complexity index is 928. The molecule has 1 aliphatic rings. The van der Waals surface area contributed by atoms with Gasteiger partial charge in [0.05, 0.1) is 5.52 Å². The largest absolute Gasteiger partial charge is 0.339 e. The number of hydrogen-bond acceptors (Lipinski definition) is 1. The molecule has 4 rings (SSSR count). The molecule has 0 spiro atoms. The minimum absolute atomic E-state index is 0.0714. The zero-order chi connectivity index (χ0) is 16.1. The van der Waals surface area contributed by atoms with E-state index in [2.05, 4.69) is 0 Å². The Labute approximate surface area is 131 Å². The quantitative estimate of drug-likeness (QED) is 0.673. The Morgan fingerprint density at radius 2 is 1.70 bits per heavy atom. The number of rotatable bonds is 1. The number of aromatic nitrogens is 1. The summed E-state index contributed by atoms with van der Waals surface area (Å²) in [5.74, 6) is -0.783. The molecule has 3 nitrogen and oxygen atoms in total. The molecule has 0 N–H and O–H groups in total. The lowest BCUT2D eigenvalue weighted by molar-refractivity contribution is 0.0751. The number of likely N-dealkylation sites (N-methyl/N-ethyl adjacent to an activating group) is 1. The molecule has 5 heteroatoms. The molecule has 0 radical (unpaired) electrons. The number of carbonyl (C=O) groups is 1. The number of nitrogens with zero attached hydrogens (tertiary/aromatic N) is 2. The van der Waals surface area contributed by atoms with Gasteiger partial charge in [-0.05, 0) is 35.9 Å². The maximum absolute atomic E-state index is 14.0. The summed E-state index contributed by atoms with van der Waals surface area (Å²) < 4.78 is 29.1. The molecule has 2 heterocycles. The normalized spacial score (nSPS) is 14.4. The van der Waals surface area contributed by atoms with E-state index >= 15 is 0 Å². The van der Waals surface area contributed by atoms with Crippen molar-refractivity contribution in [1.82, 2.24) is 9.47 Å². The number of amides is 1. The van der Waals surface area contributed by atoms with E-state index < -0.39 is 0 Å². The van der Waals surface area contributed by atoms with Crippen LogP contribution in [0.4, 0.5) is 8.78 Å². The van der Waals surface area contributed by atoms with E-state index in [0.29, 0.717) is 29.7 Å². The molecule has 0 atom stereocenters. The van der Waals surface area contributed by atoms with Gasteiger partial charge in [-0.3, -0.25) is 4.79 Å². The first-order valence-electron chi connectivity index (χ1n) is 7.39. The minimum atomic E-state index is -0.374. The van der Waals surface area contributed by atoms with Gasteiger partial charge in [-0.2, -0.15) is 0 Å². The average molecular weight is 312 g/mol. The number of fused-ring (bicyclic) bond motifs is 3. The summed E-state index contributed by atoms with van der Waals surface area (Å²) in [5.41, 5.74) is 2.77. The summed E-state index contributed by atoms with van der Waals surface area (Å²) >= 11 is 0. The van der Waals surface area contributed by atoms with Crippen molar-refractivity contribution in [1.29, 1.82) is 0 Å². The topological polar surface area (TPSA) is 25.2 Å². The van der Waals surface area contributed by atoms with Crippen molar-refractivity contribution < 1.29 is 13.6 Å². The van der Waals surface area contributed by atoms with Gasteiger partial charge in [0.25, 0.3) is 5.91 Å². The molecule has 0 bridgehead atoms. The lowest BCUT2D eigenvalue weighted by Gasteiger charge is -2.25. The fourth-order valence-corrected chi connectivity index (χ4v) is 3.18. The summed E-state index contributed by atoms with van der Waals surface area (Å²) in [5, 5.41) is 0.683. The van der Waals surface area contributed by atoms with E-state index in [4.69, 9.17) is 0 Å². The van der Waals surface area contributed by atoms with E-state index in [-0.39, 0.29) is 17.5 Å². The number of benzene rings is 2. The Kier molecular flexibility index (Phi) is 2.98. The van der Waals surface area contributed by atoms with Crippen LogP contribution in [0.25, 0.3) is 22.0 Å². The van der Waals surface area contributed by atoms with Crippen molar-refractivity contribution in [3.63, 3.8) is 0 Å². The van der Waals surface area contributed by atoms with Gasteiger partial charge >= 0.3 is 0 Å². The van der Waals surface area contributed by atoms with Gasteiger partial charge in [-0.15, -0.1) is 0 Å². The molecule has 1 aromatic heterocycles. The molecule has 23 heavy (non-hydrogen) atoms. The second-order valence-corrected chi connectivity index (χ2v) is 5.81. The van der Waals surface area contributed by atoms with Gasteiger partial charge in [0, 0.05) is 31.1 Å². The first kappa shape index (κ1) is 13.9. The smallest absolute Gasteiger partial charge is 0.270 e. The Hall–Kier alpha value is -2.69. The molecule has 116 valence electrons. The highest BCUT2D eigenvalue weighted by Gasteiger charge is 2.25. The average Bonchev–Trinajstić information content (AvgIpc) is 2.90. The lowest BCUT2D eigenvalue weighted by atomic mass is 10.0. The zero-order valence-corrected chi connectivity index (χ0v) is 12.5. The fraction of sp³-hybridized carbons (Fsp3) is 0.167. The van der Waals surface area contributed by atoms with Crippen LogP contribution in [0.2, 0.25) is 0 Å². The van der Waals surface area contributed by atoms with Gasteiger partial charge in [0.1, 0.15) is 17.3 Å². The van der Waals surface area contributed by atoms with Gasteiger partial charge < -0.3 is 9.47 Å². The van der Waals surface area contributed by atoms with E-state index in [1.165, 1.54) is 24.3 Å². The number of carbonyl (C=O) groups excluding carboxylic acids is 1. The summed E-state index contributed by atoms with van der Waals surface area (Å²) in [6, 6.07) is 10.5. The summed E-state index contributed by atoms with van der Waals surface area (Å²) in [4.78, 5) is 14.0. The Morgan fingerprint density at radius 3 is 2.43 bits per heavy atom. The van der Waals surface area contributed by atoms with Crippen LogP contribution < -0.4 is 0 Å². The molecule has 0 aliphatic carbocycles. The first-order chi connectivity index (χ1) is 11.0. The molecule has 0 saturated heterocycles. The molecule has 3 aromatic rings. The van der Waals surface area contributed by atoms with Gasteiger partial charge in [0.2, 0.25) is 0 Å². The predicted molar refractivity (Wildman–Crippen MR) is 84.3 cm³/mol. The van der Waals surface area contributed by atoms with Crippen molar-refractivity contribution in [3.8, 4) is 11.1 Å². The van der Waals surface area contributed by atoms with Crippen LogP contribution in [0, 0.1) is 11.6 Å². The Balaban J connectivity index is 2.03. The molecule has 1 aliphatic heterocycles. The first-order valence-corrected chi connectivity index (χ1v) is 7.39. The molecule has 0 fully saturated rings. The van der Waals surface area contributed by atoms with E-state index in [0.717, 1.165) is 11.1 Å². The zero-order valence-electron chi connectivity index (χ0n) is 12.5. The van der Waals surface area contributed by atoms with Crippen molar-refractivity contribution in [2.45, 2.75) is 6.54 Å². The predicted octanol–water partition coefficient (Wildman–Crippen LogP) is 3.67. The second-order valence-electron chi connectivity index (χ2n) is 5.81. The maximum Gasteiger partial charge on any atom is 0.270 e. The molecular formula is C18H14F2N2O. The van der Waals surface area contributed by atoms with Crippen molar-refractivity contribution >= 4 is 16.8 Å². The van der Waals surface area contributed by atoms with Crippen LogP contribution in [0.15, 0.2) is 42.5 Å². The Morgan fingerprint density at radius 1 is 0.957 bits per heavy atom. The van der Waals surface area contributed by atoms with E-state index in [9.17, 15) is 13.6 Å². The van der Waals surface area contributed by atoms with Crippen LogP contribution in [0.1, 0.15) is 10.5 Å². The lowest BCUT2D eigenvalue weighted by Crippen LogP contribution is -2.36. The molecule has 1 amide bonds. The third kappa shape index (κ3) is 2.11. The van der Waals surface area contributed by atoms with Crippen LogP contribution >= 0.6 is 0 Å². The van der Waals surface area contributed by atoms with E-state index in [1.807, 2.05) is 4.57 Å². The maximum atomic E-state index is 14.0. The highest BCUT2D eigenvalue weighted by atomic mass is 19.1. The van der Waals surface area contributed by atoms with Crippen LogP contribution in [-0.4, -0.2) is 29.0 Å². The minimum Gasteiger partial charge on any atom is -0.339 e. The van der Waals surface area contributed by atoms with Crippen LogP contribution in [0.5, 0.6) is 0 Å². The highest BCUT2D eigenvalue weighted by Crippen LogP contribution is 2.33. The molecule has 2 aromatic carbocycles. The standard InChI is InChI=1S/C18H14F2N2O/c1-21-6-7-22-16(18(21)23)9-12-8-14(20)10-15(17(12)22)11-2-4-13(19)5-3-11/h2-5,8-10H,6-7H2,1H3. The van der Waals surface area contributed by atoms with Crippen molar-refractivity contribution in [3.05, 3.63) is 59.8 Å². The van der Waals surface area contributed by atoms with Gasteiger partial charge in [-0.1, -0.05) is 12.1 Å². The van der Waals surface area contributed by atoms with Crippen LogP contribution in [-0.2, 0) is 6.54 Å². The monoisotopic (exact) mass is 312 g/mol. The van der Waals surface area contributed by atoms with Gasteiger partial charge in [-0.25, -0.2) is 8.78 Å². The van der Waals surface area contributed by atoms with Crippen LogP contribution in [0.3, 0.4) is 0 Å². The van der Waals surface area contributed by atoms with E-state index in [1.54, 1.807) is 30.1 Å². The van der Waals surface area contributed by atoms with Crippen molar-refractivity contribution in [2.24, 2.45) is 0 Å². The summed E-state index contributed by atoms with van der Waals surface area (Å²) in [6.45, 7) is 1.26. The summed E-state index contributed by atoms with van der Waals surface area (Å²) in [7, 11) is 1.75. The molecular weight excluding hydrogens is 298 g/mol. The van der Waals surface area contributed by atoms with Gasteiger partial charge in [0.15, 0.2) is 0 Å². The highest BCUT2D eigenvalue weighted by molar-refractivity contribution is 6.03. The number of halogens is 2. The summed E-state index contributed by atoms with van der Waals surface area (Å²) in [6.07, 6.45) is 0. The third-order valence-corrected chi connectivity index (χ3v) is 4.34. The molecule has 0 unspecified atom stereocenters. The fourth-order valence-electron chi connectivity index (χ4n) is 3.18. The van der Waals surface area contributed by atoms with Crippen molar-refractivity contribution in [2.75, 3.05) is 13.6 Å². The number of hydrogen-bond donors (Lipinski definition) is 0. The molecule has 0 saturated carbocycles. The third-order valence-electron chi connectivity index (χ3n) is 4.34. The SMILES string of the molecule is CN1CCn2c(cc3cc(F)cc(-c4ccc(F)cc4)c32)C1=O.